The Hall–Kier alpha value is -1.49. The van der Waals surface area contributed by atoms with E-state index in [1.165, 1.54) is 34.0 Å². The largest absolute Gasteiger partial charge is 0.462 e. The minimum Gasteiger partial charge on any atom is -0.462 e. The first kappa shape index (κ1) is 22.2. The molecule has 0 spiro atoms. The summed E-state index contributed by atoms with van der Waals surface area (Å²) in [6.07, 6.45) is 4.78. The maximum absolute atomic E-state index is 12.9. The van der Waals surface area contributed by atoms with Crippen LogP contribution in [0.15, 0.2) is 0 Å². The van der Waals surface area contributed by atoms with E-state index in [9.17, 15) is 18.0 Å². The molecule has 0 aromatic carbocycles. The van der Waals surface area contributed by atoms with Gasteiger partial charge in [-0.05, 0) is 51.0 Å². The summed E-state index contributed by atoms with van der Waals surface area (Å²) in [6, 6.07) is 0. The monoisotopic (exact) mass is 443 g/mol. The second kappa shape index (κ2) is 9.11. The second-order valence-electron chi connectivity index (χ2n) is 7.59. The van der Waals surface area contributed by atoms with Crippen molar-refractivity contribution in [3.8, 4) is 0 Å². The van der Waals surface area contributed by atoms with Gasteiger partial charge in [-0.1, -0.05) is 0 Å². The predicted octanol–water partition coefficient (Wildman–Crippen LogP) is 2.26. The number of amides is 1. The standard InChI is InChI=1S/C19H29N3O5S2/c1-4-27-19(24)16-14-7-5-6-8-15(14)28-18(16)20-17(23)13-9-11-22(12-10-13)29(25,26)21(2)3/h13H,4-12H2,1-3H3,(H,20,23). The van der Waals surface area contributed by atoms with Crippen LogP contribution in [0.1, 0.15) is 53.4 Å². The summed E-state index contributed by atoms with van der Waals surface area (Å²) < 4.78 is 32.3. The Morgan fingerprint density at radius 2 is 1.86 bits per heavy atom. The molecule has 0 unspecified atom stereocenters. The van der Waals surface area contributed by atoms with Gasteiger partial charge >= 0.3 is 5.97 Å². The Morgan fingerprint density at radius 1 is 1.21 bits per heavy atom. The minimum absolute atomic E-state index is 0.156. The van der Waals surface area contributed by atoms with Crippen LogP contribution in [-0.4, -0.2) is 62.7 Å². The quantitative estimate of drug-likeness (QED) is 0.681. The van der Waals surface area contributed by atoms with E-state index in [2.05, 4.69) is 5.32 Å². The SMILES string of the molecule is CCOC(=O)c1c(NC(=O)C2CCN(S(=O)(=O)N(C)C)CC2)sc2c1CCCC2. The van der Waals surface area contributed by atoms with Crippen LogP contribution < -0.4 is 5.32 Å². The van der Waals surface area contributed by atoms with Crippen LogP contribution in [0.5, 0.6) is 0 Å². The van der Waals surface area contributed by atoms with Gasteiger partial charge in [0.05, 0.1) is 12.2 Å². The maximum Gasteiger partial charge on any atom is 0.341 e. The smallest absolute Gasteiger partial charge is 0.341 e. The van der Waals surface area contributed by atoms with Crippen LogP contribution in [0.2, 0.25) is 0 Å². The second-order valence-corrected chi connectivity index (χ2v) is 10.8. The van der Waals surface area contributed by atoms with Crippen LogP contribution in [0.3, 0.4) is 0 Å². The molecule has 2 heterocycles. The van der Waals surface area contributed by atoms with E-state index in [0.717, 1.165) is 36.1 Å². The van der Waals surface area contributed by atoms with E-state index in [1.807, 2.05) is 0 Å². The van der Waals surface area contributed by atoms with Crippen molar-refractivity contribution in [2.75, 3.05) is 39.1 Å². The van der Waals surface area contributed by atoms with Gasteiger partial charge in [0, 0.05) is 38.0 Å². The van der Waals surface area contributed by atoms with Gasteiger partial charge < -0.3 is 10.1 Å². The lowest BCUT2D eigenvalue weighted by Gasteiger charge is -2.32. The van der Waals surface area contributed by atoms with Crippen LogP contribution in [-0.2, 0) is 32.6 Å². The first-order chi connectivity index (χ1) is 13.8. The molecule has 1 fully saturated rings. The highest BCUT2D eigenvalue weighted by Crippen LogP contribution is 2.39. The van der Waals surface area contributed by atoms with Crippen molar-refractivity contribution in [3.63, 3.8) is 0 Å². The number of esters is 1. The molecule has 10 heteroatoms. The molecule has 2 aliphatic rings. The van der Waals surface area contributed by atoms with Gasteiger partial charge in [0.2, 0.25) is 5.91 Å². The Kier molecular flexibility index (Phi) is 6.98. The molecule has 29 heavy (non-hydrogen) atoms. The van der Waals surface area contributed by atoms with Gasteiger partial charge in [-0.3, -0.25) is 4.79 Å². The maximum atomic E-state index is 12.9. The van der Waals surface area contributed by atoms with Crippen LogP contribution in [0, 0.1) is 5.92 Å². The molecule has 0 bridgehead atoms. The number of aryl methyl sites for hydroxylation is 1. The highest BCUT2D eigenvalue weighted by molar-refractivity contribution is 7.86. The van der Waals surface area contributed by atoms with Crippen molar-refractivity contribution >= 4 is 38.4 Å². The van der Waals surface area contributed by atoms with Gasteiger partial charge in [0.15, 0.2) is 0 Å². The van der Waals surface area contributed by atoms with Crippen molar-refractivity contribution in [2.45, 2.75) is 45.4 Å². The van der Waals surface area contributed by atoms with Crippen LogP contribution >= 0.6 is 11.3 Å². The number of thiophene rings is 1. The lowest BCUT2D eigenvalue weighted by molar-refractivity contribution is -0.120. The van der Waals surface area contributed by atoms with E-state index >= 15 is 0 Å². The third kappa shape index (κ3) is 4.65. The molecule has 0 radical (unpaired) electrons. The zero-order valence-corrected chi connectivity index (χ0v) is 18.8. The average Bonchev–Trinajstić information content (AvgIpc) is 3.06. The van der Waals surface area contributed by atoms with Crippen molar-refractivity contribution in [1.82, 2.24) is 8.61 Å². The van der Waals surface area contributed by atoms with E-state index in [-0.39, 0.29) is 24.4 Å². The lowest BCUT2D eigenvalue weighted by Crippen LogP contribution is -2.46. The van der Waals surface area contributed by atoms with Crippen molar-refractivity contribution in [1.29, 1.82) is 0 Å². The number of fused-ring (bicyclic) bond motifs is 1. The average molecular weight is 444 g/mol. The third-order valence-corrected chi connectivity index (χ3v) is 8.65. The topological polar surface area (TPSA) is 96.0 Å². The van der Waals surface area contributed by atoms with E-state index < -0.39 is 10.2 Å². The predicted molar refractivity (Wildman–Crippen MR) is 112 cm³/mol. The number of piperidine rings is 1. The fourth-order valence-electron chi connectivity index (χ4n) is 3.87. The minimum atomic E-state index is -3.46. The Balaban J connectivity index is 1.72. The number of anilines is 1. The van der Waals surface area contributed by atoms with Crippen molar-refractivity contribution in [3.05, 3.63) is 16.0 Å². The number of carbonyl (C=O) groups is 2. The molecule has 0 saturated carbocycles. The molecule has 0 atom stereocenters. The summed E-state index contributed by atoms with van der Waals surface area (Å²) in [4.78, 5) is 26.6. The summed E-state index contributed by atoms with van der Waals surface area (Å²) in [6.45, 7) is 2.68. The van der Waals surface area contributed by atoms with Gasteiger partial charge in [-0.2, -0.15) is 17.0 Å². The molecule has 8 nitrogen and oxygen atoms in total. The highest BCUT2D eigenvalue weighted by atomic mass is 32.2. The summed E-state index contributed by atoms with van der Waals surface area (Å²) in [5.74, 6) is -0.817. The third-order valence-electron chi connectivity index (χ3n) is 5.50. The van der Waals surface area contributed by atoms with Gasteiger partial charge in [0.1, 0.15) is 5.00 Å². The Morgan fingerprint density at radius 3 is 2.48 bits per heavy atom. The molecule has 1 aliphatic carbocycles. The molecular weight excluding hydrogens is 414 g/mol. The number of rotatable bonds is 6. The number of carbonyl (C=O) groups excluding carboxylic acids is 2. The summed E-state index contributed by atoms with van der Waals surface area (Å²) in [5.41, 5.74) is 1.52. The number of nitrogens with one attached hydrogen (secondary N) is 1. The summed E-state index contributed by atoms with van der Waals surface area (Å²) in [5, 5.41) is 3.53. The molecule has 1 aromatic rings. The summed E-state index contributed by atoms with van der Waals surface area (Å²) in [7, 11) is -0.451. The van der Waals surface area contributed by atoms with E-state index in [4.69, 9.17) is 4.74 Å². The van der Waals surface area contributed by atoms with Gasteiger partial charge in [0.25, 0.3) is 10.2 Å². The normalized spacial score (nSPS) is 18.5. The summed E-state index contributed by atoms with van der Waals surface area (Å²) >= 11 is 1.47. The zero-order chi connectivity index (χ0) is 21.2. The first-order valence-electron chi connectivity index (χ1n) is 10.1. The number of nitrogens with zero attached hydrogens (tertiary/aromatic N) is 2. The Bertz CT molecular complexity index is 871. The molecule has 3 rings (SSSR count). The lowest BCUT2D eigenvalue weighted by atomic mass is 9.95. The molecular formula is C19H29N3O5S2. The van der Waals surface area contributed by atoms with Crippen molar-refractivity contribution < 1.29 is 22.7 Å². The number of hydrogen-bond donors (Lipinski definition) is 1. The van der Waals surface area contributed by atoms with Crippen molar-refractivity contribution in [2.24, 2.45) is 5.92 Å². The fourth-order valence-corrected chi connectivity index (χ4v) is 6.28. The number of hydrogen-bond acceptors (Lipinski definition) is 6. The molecule has 1 aromatic heterocycles. The molecule has 1 saturated heterocycles. The van der Waals surface area contributed by atoms with Gasteiger partial charge in [-0.15, -0.1) is 11.3 Å². The zero-order valence-electron chi connectivity index (χ0n) is 17.2. The molecule has 162 valence electrons. The highest BCUT2D eigenvalue weighted by Gasteiger charge is 2.34. The molecule has 1 amide bonds. The number of ether oxygens (including phenoxy) is 1. The van der Waals surface area contributed by atoms with Gasteiger partial charge in [-0.25, -0.2) is 4.79 Å². The van der Waals surface area contributed by atoms with E-state index in [0.29, 0.717) is 36.5 Å². The van der Waals surface area contributed by atoms with Crippen LogP contribution in [0.4, 0.5) is 5.00 Å². The van der Waals surface area contributed by atoms with E-state index in [1.54, 1.807) is 6.92 Å². The Labute approximate surface area is 176 Å². The first-order valence-corrected chi connectivity index (χ1v) is 12.3. The van der Waals surface area contributed by atoms with Crippen LogP contribution in [0.25, 0.3) is 0 Å². The molecule has 1 aliphatic heterocycles. The fraction of sp³-hybridized carbons (Fsp3) is 0.684. The molecule has 1 N–H and O–H groups in total.